The fraction of sp³-hybridized carbons (Fsp3) is 0.667. The van der Waals surface area contributed by atoms with Crippen LogP contribution in [0.15, 0.2) is 29.5 Å². The highest BCUT2D eigenvalue weighted by atomic mass is 16.5. The molecule has 196 valence electrons. The molecule has 2 N–H and O–H groups in total. The molecule has 35 heavy (non-hydrogen) atoms. The molecule has 0 aliphatic carbocycles. The van der Waals surface area contributed by atoms with Crippen LogP contribution < -0.4 is 10.6 Å². The lowest BCUT2D eigenvalue weighted by Crippen LogP contribution is -2.44. The van der Waals surface area contributed by atoms with Gasteiger partial charge in [0.05, 0.1) is 12.6 Å². The zero-order valence-corrected chi connectivity index (χ0v) is 22.4. The third-order valence-electron chi connectivity index (χ3n) is 7.22. The molecule has 1 unspecified atom stereocenters. The van der Waals surface area contributed by atoms with Crippen molar-refractivity contribution in [1.82, 2.24) is 10.6 Å². The van der Waals surface area contributed by atoms with E-state index in [9.17, 15) is 9.59 Å². The summed E-state index contributed by atoms with van der Waals surface area (Å²) in [6.45, 7) is 7.10. The van der Waals surface area contributed by atoms with Crippen LogP contribution in [0.4, 0.5) is 4.79 Å². The van der Waals surface area contributed by atoms with Crippen molar-refractivity contribution in [3.05, 3.63) is 46.2 Å². The van der Waals surface area contributed by atoms with Gasteiger partial charge in [-0.2, -0.15) is 0 Å². The molecule has 1 aliphatic heterocycles. The molecule has 5 heteroatoms. The number of carbonyl (C=O) groups excluding carboxylic acids is 2. The van der Waals surface area contributed by atoms with Gasteiger partial charge in [0.2, 0.25) is 0 Å². The number of hydrogen-bond acceptors (Lipinski definition) is 3. The fourth-order valence-electron chi connectivity index (χ4n) is 5.22. The molecule has 1 aromatic carbocycles. The minimum atomic E-state index is -0.183. The summed E-state index contributed by atoms with van der Waals surface area (Å²) >= 11 is 0. The summed E-state index contributed by atoms with van der Waals surface area (Å²) in [5.41, 5.74) is 5.62. The number of carbonyl (C=O) groups is 2. The average molecular weight is 485 g/mol. The van der Waals surface area contributed by atoms with Crippen LogP contribution in [0.5, 0.6) is 0 Å². The van der Waals surface area contributed by atoms with Gasteiger partial charge in [-0.1, -0.05) is 102 Å². The Labute approximate surface area is 213 Å². The average Bonchev–Trinajstić information content (AvgIpc) is 2.83. The molecule has 1 atom stereocenters. The van der Waals surface area contributed by atoms with Crippen molar-refractivity contribution in [2.24, 2.45) is 0 Å². The highest BCUT2D eigenvalue weighted by Crippen LogP contribution is 2.34. The second kappa shape index (κ2) is 17.2. The van der Waals surface area contributed by atoms with E-state index in [4.69, 9.17) is 4.74 Å². The molecule has 2 amide bonds. The standard InChI is InChI=1S/C30H48N2O3/c1-4-5-6-7-8-9-10-11-12-13-14-15-16-19-26-20-17-18-24(2)28(26)29-27(21-22-35-23-33)25(3)31-30(34)32-29/h17-18,20,23,29H,4-16,19,21-22H2,1-3H3,(H2,31,32,34). The lowest BCUT2D eigenvalue weighted by molar-refractivity contribution is -0.128. The first-order valence-electron chi connectivity index (χ1n) is 14.0. The molecule has 0 bridgehead atoms. The van der Waals surface area contributed by atoms with Crippen molar-refractivity contribution < 1.29 is 14.3 Å². The molecule has 0 aromatic heterocycles. The van der Waals surface area contributed by atoms with Crippen molar-refractivity contribution in [3.63, 3.8) is 0 Å². The third kappa shape index (κ3) is 10.5. The van der Waals surface area contributed by atoms with Crippen molar-refractivity contribution in [2.75, 3.05) is 6.61 Å². The molecular formula is C30H48N2O3. The van der Waals surface area contributed by atoms with E-state index >= 15 is 0 Å². The van der Waals surface area contributed by atoms with Gasteiger partial charge < -0.3 is 15.4 Å². The molecular weight excluding hydrogens is 436 g/mol. The van der Waals surface area contributed by atoms with E-state index in [1.807, 2.05) is 6.92 Å². The Morgan fingerprint density at radius 1 is 0.857 bits per heavy atom. The van der Waals surface area contributed by atoms with Crippen LogP contribution in [0.1, 0.15) is 126 Å². The summed E-state index contributed by atoms with van der Waals surface area (Å²) in [5, 5.41) is 5.99. The molecule has 0 saturated carbocycles. The van der Waals surface area contributed by atoms with Gasteiger partial charge in [-0.3, -0.25) is 4.79 Å². The summed E-state index contributed by atoms with van der Waals surface area (Å²) < 4.78 is 4.95. The zero-order chi connectivity index (χ0) is 25.3. The second-order valence-corrected chi connectivity index (χ2v) is 10.0. The van der Waals surface area contributed by atoms with Crippen LogP contribution in [0.3, 0.4) is 0 Å². The van der Waals surface area contributed by atoms with Crippen molar-refractivity contribution in [1.29, 1.82) is 0 Å². The van der Waals surface area contributed by atoms with Crippen LogP contribution in [0.2, 0.25) is 0 Å². The van der Waals surface area contributed by atoms with Crippen molar-refractivity contribution in [2.45, 2.75) is 123 Å². The van der Waals surface area contributed by atoms with Gasteiger partial charge in [-0.25, -0.2) is 4.79 Å². The lowest BCUT2D eigenvalue weighted by atomic mass is 9.86. The molecule has 5 nitrogen and oxygen atoms in total. The molecule has 1 heterocycles. The number of allylic oxidation sites excluding steroid dienone is 1. The predicted octanol–water partition coefficient (Wildman–Crippen LogP) is 7.82. The number of amides is 2. The van der Waals surface area contributed by atoms with Gasteiger partial charge in [0.15, 0.2) is 0 Å². The Bertz CT molecular complexity index is 803. The molecule has 1 aromatic rings. The first-order valence-corrected chi connectivity index (χ1v) is 14.0. The molecule has 0 fully saturated rings. The molecule has 0 saturated heterocycles. The Morgan fingerprint density at radius 3 is 2.06 bits per heavy atom. The Balaban J connectivity index is 1.81. The van der Waals surface area contributed by atoms with Crippen LogP contribution in [0, 0.1) is 6.92 Å². The largest absolute Gasteiger partial charge is 0.468 e. The van der Waals surface area contributed by atoms with Crippen molar-refractivity contribution in [3.8, 4) is 0 Å². The highest BCUT2D eigenvalue weighted by molar-refractivity contribution is 5.79. The highest BCUT2D eigenvalue weighted by Gasteiger charge is 2.28. The van der Waals surface area contributed by atoms with Crippen LogP contribution >= 0.6 is 0 Å². The maximum absolute atomic E-state index is 12.3. The monoisotopic (exact) mass is 484 g/mol. The van der Waals surface area contributed by atoms with E-state index in [2.05, 4.69) is 42.7 Å². The predicted molar refractivity (Wildman–Crippen MR) is 144 cm³/mol. The number of ether oxygens (including phenoxy) is 1. The summed E-state index contributed by atoms with van der Waals surface area (Å²) in [6.07, 6.45) is 19.2. The topological polar surface area (TPSA) is 67.4 Å². The molecule has 1 aliphatic rings. The maximum Gasteiger partial charge on any atom is 0.319 e. The number of urea groups is 1. The second-order valence-electron chi connectivity index (χ2n) is 10.0. The van der Waals surface area contributed by atoms with E-state index in [0.29, 0.717) is 19.5 Å². The van der Waals surface area contributed by atoms with Crippen LogP contribution in [0.25, 0.3) is 0 Å². The van der Waals surface area contributed by atoms with E-state index < -0.39 is 0 Å². The van der Waals surface area contributed by atoms with Crippen LogP contribution in [-0.4, -0.2) is 19.1 Å². The third-order valence-corrected chi connectivity index (χ3v) is 7.22. The summed E-state index contributed by atoms with van der Waals surface area (Å²) in [6, 6.07) is 6.07. The van der Waals surface area contributed by atoms with E-state index in [0.717, 1.165) is 17.7 Å². The fourth-order valence-corrected chi connectivity index (χ4v) is 5.22. The number of hydrogen-bond donors (Lipinski definition) is 2. The summed E-state index contributed by atoms with van der Waals surface area (Å²) in [5.74, 6) is 0. The minimum Gasteiger partial charge on any atom is -0.468 e. The Kier molecular flexibility index (Phi) is 14.2. The van der Waals surface area contributed by atoms with E-state index in [1.54, 1.807) is 0 Å². The Hall–Kier alpha value is -2.30. The first-order chi connectivity index (χ1) is 17.1. The summed E-state index contributed by atoms with van der Waals surface area (Å²) in [7, 11) is 0. The van der Waals surface area contributed by atoms with Gasteiger partial charge in [-0.15, -0.1) is 0 Å². The number of nitrogens with one attached hydrogen (secondary N) is 2. The number of unbranched alkanes of at least 4 members (excludes halogenated alkanes) is 12. The molecule has 0 radical (unpaired) electrons. The van der Waals surface area contributed by atoms with Crippen molar-refractivity contribution >= 4 is 12.5 Å². The quantitative estimate of drug-likeness (QED) is 0.155. The van der Waals surface area contributed by atoms with Gasteiger partial charge in [0.25, 0.3) is 6.47 Å². The lowest BCUT2D eigenvalue weighted by Gasteiger charge is -2.32. The van der Waals surface area contributed by atoms with Gasteiger partial charge >= 0.3 is 6.03 Å². The van der Waals surface area contributed by atoms with Gasteiger partial charge in [0, 0.05) is 12.1 Å². The summed E-state index contributed by atoms with van der Waals surface area (Å²) in [4.78, 5) is 22.9. The zero-order valence-electron chi connectivity index (χ0n) is 22.4. The Morgan fingerprint density at radius 2 is 1.46 bits per heavy atom. The normalized spacial score (nSPS) is 15.6. The first kappa shape index (κ1) is 28.9. The maximum atomic E-state index is 12.3. The number of aryl methyl sites for hydroxylation is 2. The van der Waals surface area contributed by atoms with Crippen LogP contribution in [-0.2, 0) is 16.0 Å². The van der Waals surface area contributed by atoms with E-state index in [-0.39, 0.29) is 12.1 Å². The van der Waals surface area contributed by atoms with E-state index in [1.165, 1.54) is 100 Å². The molecule has 0 spiro atoms. The van der Waals surface area contributed by atoms with Gasteiger partial charge in [-0.05, 0) is 49.0 Å². The SMILES string of the molecule is CCCCCCCCCCCCCCCc1cccc(C)c1C1NC(=O)NC(C)=C1CCOC=O. The smallest absolute Gasteiger partial charge is 0.319 e. The number of rotatable bonds is 19. The molecule has 2 rings (SSSR count). The number of benzene rings is 1. The van der Waals surface area contributed by atoms with Gasteiger partial charge in [0.1, 0.15) is 0 Å². The minimum absolute atomic E-state index is 0.178.